The van der Waals surface area contributed by atoms with E-state index in [1.165, 1.54) is 16.2 Å². The summed E-state index contributed by atoms with van der Waals surface area (Å²) in [4.78, 5) is 1.45. The molecule has 2 aliphatic rings. The minimum atomic E-state index is 1.17. The highest BCUT2D eigenvalue weighted by Crippen LogP contribution is 2.42. The maximum absolute atomic E-state index is 2.24. The second-order valence-corrected chi connectivity index (χ2v) is 4.14. The van der Waals surface area contributed by atoms with E-state index in [0.29, 0.717) is 0 Å². The van der Waals surface area contributed by atoms with Gasteiger partial charge in [0.05, 0.1) is 0 Å². The largest absolute Gasteiger partial charge is 0.322 e. The lowest BCUT2D eigenvalue weighted by Crippen LogP contribution is -1.91. The molecule has 0 saturated carbocycles. The van der Waals surface area contributed by atoms with Gasteiger partial charge in [-0.25, -0.2) is 0 Å². The molecule has 0 aromatic carbocycles. The van der Waals surface area contributed by atoms with Crippen LogP contribution < -0.4 is 0 Å². The fourth-order valence-electron chi connectivity index (χ4n) is 0.936. The second-order valence-electron chi connectivity index (χ2n) is 2.08. The molecule has 0 aliphatic carbocycles. The quantitative estimate of drug-likeness (QED) is 0.495. The van der Waals surface area contributed by atoms with E-state index in [-0.39, 0.29) is 0 Å². The monoisotopic (exact) mass is 157 g/mol. The van der Waals surface area contributed by atoms with Crippen molar-refractivity contribution in [3.05, 3.63) is 22.1 Å². The first-order valence-corrected chi connectivity index (χ1v) is 4.62. The lowest BCUT2D eigenvalue weighted by molar-refractivity contribution is 0.784. The first-order chi connectivity index (χ1) is 4.36. The van der Waals surface area contributed by atoms with Gasteiger partial charge >= 0.3 is 0 Å². The molecule has 9 heavy (non-hydrogen) atoms. The summed E-state index contributed by atoms with van der Waals surface area (Å²) in [5.74, 6) is 1.17. The first-order valence-electron chi connectivity index (χ1n) is 2.80. The molecule has 3 heteroatoms. The Morgan fingerprint density at radius 2 is 2.56 bits per heavy atom. The van der Waals surface area contributed by atoms with E-state index in [9.17, 15) is 0 Å². The summed E-state index contributed by atoms with van der Waals surface area (Å²) in [6, 6.07) is 0. The predicted octanol–water partition coefficient (Wildman–Crippen LogP) is 2.05. The number of rotatable bonds is 0. The molecule has 1 nitrogen and oxygen atoms in total. The number of hydrogen-bond acceptors (Lipinski definition) is 3. The molecular weight excluding hydrogens is 150 g/mol. The minimum Gasteiger partial charge on any atom is -0.322 e. The van der Waals surface area contributed by atoms with Crippen LogP contribution in [0.25, 0.3) is 0 Å². The zero-order valence-electron chi connectivity index (χ0n) is 5.13. The van der Waals surface area contributed by atoms with Crippen LogP contribution in [0.1, 0.15) is 0 Å². The Kier molecular flexibility index (Phi) is 1.27. The van der Waals surface area contributed by atoms with Gasteiger partial charge in [0.2, 0.25) is 0 Å². The SMILES string of the molecule is CN1C=C2CSC=C2S1. The Morgan fingerprint density at radius 3 is 3.33 bits per heavy atom. The van der Waals surface area contributed by atoms with Crippen molar-refractivity contribution >= 4 is 23.7 Å². The summed E-state index contributed by atoms with van der Waals surface area (Å²) in [5.41, 5.74) is 1.49. The molecule has 2 rings (SSSR count). The Bertz CT molecular complexity index is 195. The van der Waals surface area contributed by atoms with Crippen LogP contribution in [0.2, 0.25) is 0 Å². The molecule has 0 atom stereocenters. The third-order valence-corrected chi connectivity index (χ3v) is 3.33. The number of hydrogen-bond donors (Lipinski definition) is 0. The third-order valence-electron chi connectivity index (χ3n) is 1.33. The van der Waals surface area contributed by atoms with Crippen LogP contribution in [0.3, 0.4) is 0 Å². The average molecular weight is 157 g/mol. The van der Waals surface area contributed by atoms with Crippen molar-refractivity contribution in [1.82, 2.24) is 4.31 Å². The maximum Gasteiger partial charge on any atom is 0.0405 e. The van der Waals surface area contributed by atoms with Crippen molar-refractivity contribution in [1.29, 1.82) is 0 Å². The van der Waals surface area contributed by atoms with E-state index in [4.69, 9.17) is 0 Å². The van der Waals surface area contributed by atoms with Gasteiger partial charge in [0, 0.05) is 23.9 Å². The van der Waals surface area contributed by atoms with E-state index in [2.05, 4.69) is 23.0 Å². The minimum absolute atomic E-state index is 1.17. The molecule has 0 N–H and O–H groups in total. The van der Waals surface area contributed by atoms with Crippen molar-refractivity contribution < 1.29 is 0 Å². The summed E-state index contributed by atoms with van der Waals surface area (Å²) < 4.78 is 2.15. The summed E-state index contributed by atoms with van der Waals surface area (Å²) in [7, 11) is 2.08. The topological polar surface area (TPSA) is 3.24 Å². The Hall–Kier alpha value is -0.0200. The normalized spacial score (nSPS) is 23.9. The highest BCUT2D eigenvalue weighted by Gasteiger charge is 2.19. The van der Waals surface area contributed by atoms with Crippen LogP contribution in [0.4, 0.5) is 0 Å². The molecule has 2 heterocycles. The third kappa shape index (κ3) is 0.883. The van der Waals surface area contributed by atoms with Gasteiger partial charge in [0.1, 0.15) is 0 Å². The van der Waals surface area contributed by atoms with E-state index < -0.39 is 0 Å². The molecule has 0 spiro atoms. The number of nitrogens with zero attached hydrogens (tertiary/aromatic N) is 1. The summed E-state index contributed by atoms with van der Waals surface area (Å²) in [5, 5.41) is 2.24. The smallest absolute Gasteiger partial charge is 0.0405 e. The molecule has 2 aliphatic heterocycles. The van der Waals surface area contributed by atoms with Crippen LogP contribution in [-0.4, -0.2) is 17.1 Å². The van der Waals surface area contributed by atoms with Crippen molar-refractivity contribution in [3.8, 4) is 0 Å². The van der Waals surface area contributed by atoms with Gasteiger partial charge in [-0.15, -0.1) is 11.8 Å². The molecule has 0 aromatic heterocycles. The number of allylic oxidation sites excluding steroid dienone is 1. The van der Waals surface area contributed by atoms with E-state index in [1.54, 1.807) is 0 Å². The fraction of sp³-hybridized carbons (Fsp3) is 0.333. The second kappa shape index (κ2) is 1.99. The maximum atomic E-state index is 2.24. The van der Waals surface area contributed by atoms with E-state index >= 15 is 0 Å². The predicted molar refractivity (Wildman–Crippen MR) is 44.0 cm³/mol. The van der Waals surface area contributed by atoms with Crippen molar-refractivity contribution in [2.24, 2.45) is 0 Å². The highest BCUT2D eigenvalue weighted by molar-refractivity contribution is 8.06. The lowest BCUT2D eigenvalue weighted by Gasteiger charge is -2.02. The first kappa shape index (κ1) is 5.74. The Morgan fingerprint density at radius 1 is 1.67 bits per heavy atom. The molecule has 0 radical (unpaired) electrons. The van der Waals surface area contributed by atoms with Crippen molar-refractivity contribution in [2.75, 3.05) is 12.8 Å². The molecule has 0 amide bonds. The van der Waals surface area contributed by atoms with Crippen molar-refractivity contribution in [2.45, 2.75) is 0 Å². The summed E-state index contributed by atoms with van der Waals surface area (Å²) in [6.45, 7) is 0. The molecular formula is C6H7NS2. The van der Waals surface area contributed by atoms with Gasteiger partial charge in [0.25, 0.3) is 0 Å². The number of thioether (sulfide) groups is 1. The van der Waals surface area contributed by atoms with Crippen LogP contribution in [0.15, 0.2) is 22.1 Å². The van der Waals surface area contributed by atoms with Gasteiger partial charge in [-0.2, -0.15) is 0 Å². The van der Waals surface area contributed by atoms with Gasteiger partial charge in [0.15, 0.2) is 0 Å². The average Bonchev–Trinajstić information content (AvgIpc) is 2.22. The van der Waals surface area contributed by atoms with Gasteiger partial charge in [-0.3, -0.25) is 0 Å². The van der Waals surface area contributed by atoms with E-state index in [0.717, 1.165) is 0 Å². The molecule has 0 fully saturated rings. The van der Waals surface area contributed by atoms with Crippen LogP contribution >= 0.6 is 23.7 Å². The van der Waals surface area contributed by atoms with Crippen LogP contribution in [0, 0.1) is 0 Å². The Balaban J connectivity index is 2.31. The molecule has 0 bridgehead atoms. The van der Waals surface area contributed by atoms with Crippen LogP contribution in [-0.2, 0) is 0 Å². The standard InChI is InChI=1S/C6H7NS2/c1-7-2-5-3-8-4-6(5)9-7/h2,4H,3H2,1H3. The van der Waals surface area contributed by atoms with E-state index in [1.807, 2.05) is 23.7 Å². The Labute approximate surface area is 63.3 Å². The van der Waals surface area contributed by atoms with Gasteiger partial charge in [-0.05, 0) is 22.9 Å². The lowest BCUT2D eigenvalue weighted by atomic mass is 10.3. The molecule has 0 saturated heterocycles. The summed E-state index contributed by atoms with van der Waals surface area (Å²) >= 11 is 3.71. The van der Waals surface area contributed by atoms with Gasteiger partial charge in [-0.1, -0.05) is 0 Å². The fourth-order valence-corrected chi connectivity index (χ4v) is 2.93. The zero-order valence-corrected chi connectivity index (χ0v) is 6.76. The molecule has 0 aromatic rings. The number of fused-ring (bicyclic) bond motifs is 1. The van der Waals surface area contributed by atoms with Crippen molar-refractivity contribution in [3.63, 3.8) is 0 Å². The highest BCUT2D eigenvalue weighted by atomic mass is 32.2. The van der Waals surface area contributed by atoms with Gasteiger partial charge < -0.3 is 4.31 Å². The molecule has 48 valence electrons. The zero-order chi connectivity index (χ0) is 6.27. The summed E-state index contributed by atoms with van der Waals surface area (Å²) in [6.07, 6.45) is 2.20. The van der Waals surface area contributed by atoms with Crippen LogP contribution in [0.5, 0.6) is 0 Å². The molecule has 0 unspecified atom stereocenters.